The van der Waals surface area contributed by atoms with Crippen LogP contribution in [0, 0.1) is 0 Å². The Bertz CT molecular complexity index is 2240. The number of hydrogen-bond acceptors (Lipinski definition) is 18. The highest BCUT2D eigenvalue weighted by Crippen LogP contribution is 2.67. The minimum atomic E-state index is -6.53. The summed E-state index contributed by atoms with van der Waals surface area (Å²) in [6, 6.07) is 19.6. The Morgan fingerprint density at radius 2 is 1.48 bits per heavy atom. The average Bonchev–Trinajstić information content (AvgIpc) is 3.32. The van der Waals surface area contributed by atoms with Crippen LogP contribution in [0.25, 0.3) is 10.8 Å². The number of phosphoric ester groups is 1. The van der Waals surface area contributed by atoms with Crippen LogP contribution in [0.4, 0.5) is 10.5 Å². The number of H-pyrrole nitrogens is 1. The molecule has 1 amide bonds. The summed E-state index contributed by atoms with van der Waals surface area (Å²) in [4.78, 5) is 87.9. The van der Waals surface area contributed by atoms with E-state index in [1.54, 1.807) is 48.5 Å². The first-order chi connectivity index (χ1) is 24.3. The van der Waals surface area contributed by atoms with Gasteiger partial charge < -0.3 is 43.2 Å². The number of aliphatic hydroxyl groups excluding tert-OH is 1. The highest BCUT2D eigenvalue weighted by molar-refractivity contribution is 7.69. The number of nitrogens with one attached hydrogen (secondary N) is 2. The Morgan fingerprint density at radius 1 is 0.846 bits per heavy atom. The maximum absolute atomic E-state index is 12.6. The van der Waals surface area contributed by atoms with E-state index in [9.17, 15) is 57.3 Å². The van der Waals surface area contributed by atoms with Crippen LogP contribution in [0.3, 0.4) is 0 Å². The van der Waals surface area contributed by atoms with Gasteiger partial charge >= 0.3 is 11.8 Å². The molecule has 21 nitrogen and oxygen atoms in total. The van der Waals surface area contributed by atoms with Gasteiger partial charge in [0.15, 0.2) is 12.3 Å². The van der Waals surface area contributed by atoms with Gasteiger partial charge in [-0.2, -0.15) is 0 Å². The first-order valence-corrected chi connectivity index (χ1v) is 20.6. The van der Waals surface area contributed by atoms with Crippen LogP contribution in [-0.2, 0) is 51.4 Å². The molecule has 0 bridgehead atoms. The molecule has 1 aliphatic heterocycles. The van der Waals surface area contributed by atoms with Crippen molar-refractivity contribution >= 4 is 53.6 Å². The van der Waals surface area contributed by atoms with Crippen LogP contribution in [0.5, 0.6) is 0 Å². The highest BCUT2D eigenvalue weighted by Gasteiger charge is 2.48. The number of amides is 1. The molecule has 280 valence electrons. The smallest absolute Gasteiger partial charge is 0.412 e. The lowest BCUT2D eigenvalue weighted by Crippen LogP contribution is -2.41. The molecule has 1 fully saturated rings. The molecule has 2 heterocycles. The second kappa shape index (κ2) is 15.8. The van der Waals surface area contributed by atoms with Gasteiger partial charge in [-0.15, -0.1) is 0 Å². The Kier molecular flexibility index (Phi) is 12.0. The monoisotopic (exact) mass is 803 g/mol. The number of benzene rings is 3. The lowest BCUT2D eigenvalue weighted by molar-refractivity contribution is -0.251. The summed E-state index contributed by atoms with van der Waals surface area (Å²) in [6.45, 7) is -1.30. The predicted octanol–water partition coefficient (Wildman–Crippen LogP) is 0.791. The number of anilines is 1. The molecule has 3 aromatic carbocycles. The first kappa shape index (κ1) is 39.6. The molecule has 8 atom stereocenters. The lowest BCUT2D eigenvalue weighted by Gasteiger charge is -2.37. The zero-order chi connectivity index (χ0) is 37.9. The minimum Gasteiger partial charge on any atom is -0.778 e. The van der Waals surface area contributed by atoms with Gasteiger partial charge in [-0.1, -0.05) is 60.7 Å². The Balaban J connectivity index is 1.23. The van der Waals surface area contributed by atoms with Gasteiger partial charge in [0.05, 0.1) is 6.61 Å². The fourth-order valence-electron chi connectivity index (χ4n) is 4.91. The Labute approximate surface area is 291 Å². The number of aliphatic hydroxyl groups is 1. The van der Waals surface area contributed by atoms with Gasteiger partial charge in [-0.3, -0.25) is 37.7 Å². The highest BCUT2D eigenvalue weighted by atomic mass is 31.3. The number of para-hydroxylation sites is 1. The van der Waals surface area contributed by atoms with E-state index in [4.69, 9.17) is 9.47 Å². The van der Waals surface area contributed by atoms with Crippen molar-refractivity contribution in [2.24, 2.45) is 0 Å². The maximum atomic E-state index is 12.6. The molecule has 1 saturated heterocycles. The molecule has 5 unspecified atom stereocenters. The van der Waals surface area contributed by atoms with Gasteiger partial charge in [0.1, 0.15) is 19.8 Å². The largest absolute Gasteiger partial charge is 0.778 e. The second-order valence-corrected chi connectivity index (χ2v) is 17.2. The number of carbonyl (C=O) groups is 1. The zero-order valence-corrected chi connectivity index (χ0v) is 29.5. The SMILES string of the molecule is O=C(Nc1ccccc1)OC1[C@@H](O)[C@@H](COP(=O)([O-])OP(=O)([O-])OP(=O)([O-])OP(=O)([O-])Cc2cccc3ccccc23)O[C@H]1n1ccc(=O)[nH]c1=O. The summed E-state index contributed by atoms with van der Waals surface area (Å²) < 4.78 is 76.6. The number of ether oxygens (including phenoxy) is 2. The van der Waals surface area contributed by atoms with E-state index in [2.05, 4.69) is 22.8 Å². The van der Waals surface area contributed by atoms with Crippen LogP contribution < -0.4 is 36.1 Å². The van der Waals surface area contributed by atoms with E-state index in [-0.39, 0.29) is 11.3 Å². The van der Waals surface area contributed by atoms with Gasteiger partial charge in [0.2, 0.25) is 0 Å². The standard InChI is InChI=1S/C27H29N3O18P4/c31-22-13-14-30(26(33)29-22)25-24(45-27(34)28-19-10-2-1-3-11-19)23(32)21(44-25)15-43-50(37,38)47-52(41,42)48-51(39,40)46-49(35,36)16-18-9-6-8-17-7-4-5-12-20(17)18/h1-14,21,23-25,32H,15-16H2,(H,28,34)(H,35,36)(H,37,38)(H,39,40)(H,41,42)(H,29,31,33)/p-4/t21-,23+,24?,25-/m1/s1. The van der Waals surface area contributed by atoms with E-state index in [1.807, 2.05) is 4.98 Å². The molecule has 25 heteroatoms. The van der Waals surface area contributed by atoms with E-state index < -0.39 is 85.7 Å². The molecule has 3 N–H and O–H groups in total. The molecular weight excluding hydrogens is 778 g/mol. The molecule has 5 rings (SSSR count). The maximum Gasteiger partial charge on any atom is 0.412 e. The van der Waals surface area contributed by atoms with Gasteiger partial charge in [0, 0.05) is 24.1 Å². The molecule has 4 aromatic rings. The second-order valence-electron chi connectivity index (χ2n) is 10.7. The normalized spacial score (nSPS) is 23.5. The molecular formula is C27H25N3O18P4-4. The van der Waals surface area contributed by atoms with Gasteiger partial charge in [-0.25, -0.2) is 18.2 Å². The van der Waals surface area contributed by atoms with Crippen molar-refractivity contribution < 1.29 is 74.7 Å². The van der Waals surface area contributed by atoms with Crippen molar-refractivity contribution in [3.05, 3.63) is 111 Å². The third-order valence-corrected chi connectivity index (χ3v) is 13.2. The first-order valence-electron chi connectivity index (χ1n) is 14.5. The summed E-state index contributed by atoms with van der Waals surface area (Å²) in [5, 5.41) is 14.2. The summed E-state index contributed by atoms with van der Waals surface area (Å²) in [5.74, 6) is 0. The van der Waals surface area contributed by atoms with E-state index in [0.717, 1.165) is 12.3 Å². The summed E-state index contributed by atoms with van der Waals surface area (Å²) in [7, 11) is -24.5. The minimum absolute atomic E-state index is 0.0869. The van der Waals surface area contributed by atoms with Gasteiger partial charge in [-0.05, 0) is 28.5 Å². The molecule has 1 aliphatic rings. The number of nitrogens with zero attached hydrogens (tertiary/aromatic N) is 1. The number of phosphoric acid groups is 3. The summed E-state index contributed by atoms with van der Waals surface area (Å²) >= 11 is 0. The van der Waals surface area contributed by atoms with Crippen molar-refractivity contribution in [1.29, 1.82) is 0 Å². The number of hydrogen-bond donors (Lipinski definition) is 3. The lowest BCUT2D eigenvalue weighted by atomic mass is 10.1. The number of rotatable bonds is 14. The van der Waals surface area contributed by atoms with Crippen LogP contribution in [-0.4, -0.2) is 45.7 Å². The number of carbonyl (C=O) groups excluding carboxylic acids is 1. The van der Waals surface area contributed by atoms with Crippen molar-refractivity contribution in [2.75, 3.05) is 11.9 Å². The van der Waals surface area contributed by atoms with E-state index >= 15 is 0 Å². The molecule has 0 radical (unpaired) electrons. The van der Waals surface area contributed by atoms with E-state index in [1.165, 1.54) is 24.3 Å². The van der Waals surface area contributed by atoms with Crippen LogP contribution in [0.1, 0.15) is 11.8 Å². The third kappa shape index (κ3) is 10.5. The fourth-order valence-corrected chi connectivity index (χ4v) is 10.3. The van der Waals surface area contributed by atoms with Crippen molar-refractivity contribution in [3.8, 4) is 0 Å². The van der Waals surface area contributed by atoms with Crippen LogP contribution >= 0.6 is 31.1 Å². The fraction of sp³-hybridized carbons (Fsp3) is 0.222. The number of fused-ring (bicyclic) bond motifs is 1. The molecule has 0 saturated carbocycles. The average molecular weight is 803 g/mol. The molecule has 0 spiro atoms. The third-order valence-electron chi connectivity index (χ3n) is 6.97. The van der Waals surface area contributed by atoms with Crippen molar-refractivity contribution in [1.82, 2.24) is 9.55 Å². The predicted molar refractivity (Wildman–Crippen MR) is 169 cm³/mol. The summed E-state index contributed by atoms with van der Waals surface area (Å²) in [5.41, 5.74) is -1.59. The topological polar surface area (TPSA) is 320 Å². The van der Waals surface area contributed by atoms with Crippen LogP contribution in [0.15, 0.2) is 94.6 Å². The van der Waals surface area contributed by atoms with Gasteiger partial charge in [0.25, 0.3) is 29.0 Å². The molecule has 52 heavy (non-hydrogen) atoms. The molecule has 1 aromatic heterocycles. The Hall–Kier alpha value is -3.61. The van der Waals surface area contributed by atoms with Crippen molar-refractivity contribution in [3.63, 3.8) is 0 Å². The quantitative estimate of drug-likeness (QED) is 0.148. The van der Waals surface area contributed by atoms with Crippen LogP contribution in [0.2, 0.25) is 0 Å². The number of aromatic nitrogens is 2. The Morgan fingerprint density at radius 3 is 2.19 bits per heavy atom. The summed E-state index contributed by atoms with van der Waals surface area (Å²) in [6.07, 6.45) is -8.64. The molecule has 0 aliphatic carbocycles. The van der Waals surface area contributed by atoms with E-state index in [0.29, 0.717) is 15.3 Å². The van der Waals surface area contributed by atoms with Crippen molar-refractivity contribution in [2.45, 2.75) is 30.7 Å². The zero-order valence-electron chi connectivity index (χ0n) is 25.9. The number of aromatic amines is 1.